The highest BCUT2D eigenvalue weighted by atomic mass is 16.1. The third kappa shape index (κ3) is 4.41. The van der Waals surface area contributed by atoms with Gasteiger partial charge < -0.3 is 16.0 Å². The molecule has 0 bridgehead atoms. The lowest BCUT2D eigenvalue weighted by Gasteiger charge is -2.26. The van der Waals surface area contributed by atoms with Crippen LogP contribution in [0.2, 0.25) is 0 Å². The number of nitrogens with zero attached hydrogens (tertiary/aromatic N) is 5. The third-order valence-corrected chi connectivity index (χ3v) is 4.23. The van der Waals surface area contributed by atoms with Crippen LogP contribution in [0.1, 0.15) is 19.8 Å². The van der Waals surface area contributed by atoms with Crippen molar-refractivity contribution < 1.29 is 4.79 Å². The van der Waals surface area contributed by atoms with E-state index in [0.717, 1.165) is 17.8 Å². The summed E-state index contributed by atoms with van der Waals surface area (Å²) < 4.78 is 1.66. The standard InChI is InChI=1S/C19H23N7O/c1-3-7-16(18(20)27)25(2)17-12-15(10-11-21-17)26-13-22-19(24-26)23-14-8-5-4-6-9-14/h4-6,8-13,16H,3,7H2,1-2H3,(H2,20,27)(H,23,24). The van der Waals surface area contributed by atoms with E-state index in [1.807, 2.05) is 56.4 Å². The van der Waals surface area contributed by atoms with Gasteiger partial charge in [0.2, 0.25) is 11.9 Å². The summed E-state index contributed by atoms with van der Waals surface area (Å²) in [6.07, 6.45) is 4.83. The number of primary amides is 1. The van der Waals surface area contributed by atoms with Gasteiger partial charge in [0.25, 0.3) is 0 Å². The number of nitrogens with two attached hydrogens (primary N) is 1. The van der Waals surface area contributed by atoms with E-state index in [0.29, 0.717) is 18.2 Å². The summed E-state index contributed by atoms with van der Waals surface area (Å²) in [6, 6.07) is 13.0. The van der Waals surface area contributed by atoms with Crippen molar-refractivity contribution in [3.8, 4) is 5.69 Å². The molecule has 0 spiro atoms. The Morgan fingerprint density at radius 3 is 2.74 bits per heavy atom. The Morgan fingerprint density at radius 2 is 2.04 bits per heavy atom. The van der Waals surface area contributed by atoms with E-state index in [1.165, 1.54) is 0 Å². The first kappa shape index (κ1) is 18.4. The van der Waals surface area contributed by atoms with E-state index in [-0.39, 0.29) is 5.91 Å². The number of carbonyl (C=O) groups is 1. The number of hydrogen-bond acceptors (Lipinski definition) is 6. The number of aromatic nitrogens is 4. The van der Waals surface area contributed by atoms with Gasteiger partial charge in [-0.1, -0.05) is 31.5 Å². The lowest BCUT2D eigenvalue weighted by Crippen LogP contribution is -2.43. The molecule has 3 rings (SSSR count). The zero-order chi connectivity index (χ0) is 19.2. The fourth-order valence-corrected chi connectivity index (χ4v) is 2.80. The number of carbonyl (C=O) groups excluding carboxylic acids is 1. The minimum absolute atomic E-state index is 0.360. The quantitative estimate of drug-likeness (QED) is 0.636. The number of amides is 1. The highest BCUT2D eigenvalue weighted by Crippen LogP contribution is 2.19. The van der Waals surface area contributed by atoms with E-state index in [9.17, 15) is 4.79 Å². The Hall–Kier alpha value is -3.42. The van der Waals surface area contributed by atoms with Gasteiger partial charge in [-0.05, 0) is 24.6 Å². The minimum atomic E-state index is -0.399. The fraction of sp³-hybridized carbons (Fsp3) is 0.263. The van der Waals surface area contributed by atoms with Crippen LogP contribution in [0.4, 0.5) is 17.5 Å². The number of benzene rings is 1. The molecule has 0 aliphatic heterocycles. The van der Waals surface area contributed by atoms with Crippen molar-refractivity contribution in [2.45, 2.75) is 25.8 Å². The van der Waals surface area contributed by atoms with Gasteiger partial charge in [-0.15, -0.1) is 5.10 Å². The van der Waals surface area contributed by atoms with Gasteiger partial charge in [-0.3, -0.25) is 4.79 Å². The number of para-hydroxylation sites is 1. The highest BCUT2D eigenvalue weighted by molar-refractivity contribution is 5.83. The van der Waals surface area contributed by atoms with Crippen LogP contribution in [0.15, 0.2) is 55.0 Å². The summed E-state index contributed by atoms with van der Waals surface area (Å²) >= 11 is 0. The Bertz CT molecular complexity index is 894. The van der Waals surface area contributed by atoms with Gasteiger partial charge >= 0.3 is 0 Å². The van der Waals surface area contributed by atoms with Crippen LogP contribution in [0.5, 0.6) is 0 Å². The van der Waals surface area contributed by atoms with E-state index in [2.05, 4.69) is 20.4 Å². The molecule has 1 atom stereocenters. The van der Waals surface area contributed by atoms with Crippen LogP contribution in [0.25, 0.3) is 5.69 Å². The van der Waals surface area contributed by atoms with Crippen LogP contribution in [0.3, 0.4) is 0 Å². The molecule has 3 N–H and O–H groups in total. The fourth-order valence-electron chi connectivity index (χ4n) is 2.80. The molecule has 2 aromatic heterocycles. The number of rotatable bonds is 8. The Balaban J connectivity index is 1.80. The molecule has 27 heavy (non-hydrogen) atoms. The van der Waals surface area contributed by atoms with Crippen molar-refractivity contribution >= 4 is 23.4 Å². The van der Waals surface area contributed by atoms with Crippen molar-refractivity contribution in [2.75, 3.05) is 17.3 Å². The molecule has 8 heteroatoms. The predicted octanol–water partition coefficient (Wildman–Crippen LogP) is 2.50. The summed E-state index contributed by atoms with van der Waals surface area (Å²) in [6.45, 7) is 2.02. The van der Waals surface area contributed by atoms with E-state index in [1.54, 1.807) is 22.1 Å². The van der Waals surface area contributed by atoms with E-state index < -0.39 is 6.04 Å². The second kappa shape index (κ2) is 8.31. The summed E-state index contributed by atoms with van der Waals surface area (Å²) in [5.41, 5.74) is 7.25. The Morgan fingerprint density at radius 1 is 1.26 bits per heavy atom. The maximum absolute atomic E-state index is 11.8. The van der Waals surface area contributed by atoms with E-state index in [4.69, 9.17) is 5.73 Å². The second-order valence-corrected chi connectivity index (χ2v) is 6.19. The third-order valence-electron chi connectivity index (χ3n) is 4.23. The summed E-state index contributed by atoms with van der Waals surface area (Å²) in [7, 11) is 1.82. The van der Waals surface area contributed by atoms with Crippen molar-refractivity contribution in [2.24, 2.45) is 5.73 Å². The molecule has 8 nitrogen and oxygen atoms in total. The van der Waals surface area contributed by atoms with Crippen molar-refractivity contribution in [3.05, 3.63) is 55.0 Å². The first-order valence-corrected chi connectivity index (χ1v) is 8.80. The van der Waals surface area contributed by atoms with Crippen molar-refractivity contribution in [3.63, 3.8) is 0 Å². The maximum atomic E-state index is 11.8. The highest BCUT2D eigenvalue weighted by Gasteiger charge is 2.21. The van der Waals surface area contributed by atoms with Crippen molar-refractivity contribution in [1.29, 1.82) is 0 Å². The number of hydrogen-bond donors (Lipinski definition) is 2. The molecule has 0 saturated heterocycles. The molecule has 3 aromatic rings. The van der Waals surface area contributed by atoms with Gasteiger partial charge in [0.1, 0.15) is 18.2 Å². The van der Waals surface area contributed by atoms with Gasteiger partial charge in [0.05, 0.1) is 5.69 Å². The van der Waals surface area contributed by atoms with Gasteiger partial charge in [0, 0.05) is 25.0 Å². The molecule has 1 amide bonds. The van der Waals surface area contributed by atoms with Gasteiger partial charge in [0.15, 0.2) is 0 Å². The smallest absolute Gasteiger partial charge is 0.246 e. The lowest BCUT2D eigenvalue weighted by molar-refractivity contribution is -0.119. The van der Waals surface area contributed by atoms with Crippen LogP contribution in [-0.4, -0.2) is 38.7 Å². The van der Waals surface area contributed by atoms with Crippen LogP contribution >= 0.6 is 0 Å². The molecule has 140 valence electrons. The molecule has 1 unspecified atom stereocenters. The number of likely N-dealkylation sites (N-methyl/N-ethyl adjacent to an activating group) is 1. The van der Waals surface area contributed by atoms with Gasteiger partial charge in [-0.25, -0.2) is 9.67 Å². The maximum Gasteiger partial charge on any atom is 0.246 e. The van der Waals surface area contributed by atoms with Crippen LogP contribution in [0, 0.1) is 0 Å². The summed E-state index contributed by atoms with van der Waals surface area (Å²) in [5.74, 6) is 0.786. The Labute approximate surface area is 158 Å². The van der Waals surface area contributed by atoms with Gasteiger partial charge in [-0.2, -0.15) is 4.98 Å². The number of pyridine rings is 1. The molecular formula is C19H23N7O. The number of nitrogens with one attached hydrogen (secondary N) is 1. The SMILES string of the molecule is CCCC(C(N)=O)N(C)c1cc(-n2cnc(Nc3ccccc3)n2)ccn1. The predicted molar refractivity (Wildman–Crippen MR) is 105 cm³/mol. The lowest BCUT2D eigenvalue weighted by atomic mass is 10.1. The zero-order valence-electron chi connectivity index (χ0n) is 15.4. The average Bonchev–Trinajstić information content (AvgIpc) is 3.15. The number of anilines is 3. The largest absolute Gasteiger partial charge is 0.368 e. The topological polar surface area (TPSA) is 102 Å². The molecule has 2 heterocycles. The first-order chi connectivity index (χ1) is 13.1. The molecule has 0 radical (unpaired) electrons. The summed E-state index contributed by atoms with van der Waals surface area (Å²) in [5, 5.41) is 7.60. The van der Waals surface area contributed by atoms with Crippen molar-refractivity contribution in [1.82, 2.24) is 19.7 Å². The average molecular weight is 365 g/mol. The molecule has 0 saturated carbocycles. The molecule has 0 aliphatic carbocycles. The zero-order valence-corrected chi connectivity index (χ0v) is 15.4. The molecule has 0 aliphatic rings. The van der Waals surface area contributed by atoms with Crippen LogP contribution < -0.4 is 16.0 Å². The van der Waals surface area contributed by atoms with Crippen LogP contribution in [-0.2, 0) is 4.79 Å². The van der Waals surface area contributed by atoms with E-state index >= 15 is 0 Å². The Kier molecular flexibility index (Phi) is 5.65. The monoisotopic (exact) mass is 365 g/mol. The molecule has 1 aromatic carbocycles. The molecular weight excluding hydrogens is 342 g/mol. The minimum Gasteiger partial charge on any atom is -0.368 e. The first-order valence-electron chi connectivity index (χ1n) is 8.80. The second-order valence-electron chi connectivity index (χ2n) is 6.19. The molecule has 0 fully saturated rings. The normalized spacial score (nSPS) is 11.8. The summed E-state index contributed by atoms with van der Waals surface area (Å²) in [4.78, 5) is 22.2.